The van der Waals surface area contributed by atoms with Crippen LogP contribution in [0.25, 0.3) is 27.7 Å². The summed E-state index contributed by atoms with van der Waals surface area (Å²) in [7, 11) is -2.05. The van der Waals surface area contributed by atoms with Crippen molar-refractivity contribution >= 4 is 86.7 Å². The molecule has 0 saturated carbocycles. The Hall–Kier alpha value is -6.04. The second kappa shape index (κ2) is 11.7. The third-order valence-electron chi connectivity index (χ3n) is 13.4. The molecule has 56 heavy (non-hydrogen) atoms. The van der Waals surface area contributed by atoms with Crippen LogP contribution in [0.5, 0.6) is 0 Å². The number of nitrogens with zero attached hydrogens (tertiary/aromatic N) is 3. The van der Waals surface area contributed by atoms with Gasteiger partial charge in [-0.15, -0.1) is 0 Å². The molecule has 0 amide bonds. The fourth-order valence-electron chi connectivity index (χ4n) is 10.9. The molecular formula is C51H42BN3Si. The summed E-state index contributed by atoms with van der Waals surface area (Å²) in [6, 6.07) is 57.9. The molecule has 1 aromatic heterocycles. The molecule has 0 bridgehead atoms. The highest BCUT2D eigenvalue weighted by molar-refractivity contribution is 7.05. The third-order valence-corrected chi connectivity index (χ3v) is 16.9. The standard InChI is InChI=1S/C51H42BN3Si/c1-33-30-44-48-45(31-33)55-43-24-12-13-26-46(43)56(2,3)47-27-15-23-40(50(47)55)52(48)51-49(54(44)41-25-14-19-35-18-10-11-22-38(35)41)39-32-36(34-16-6-4-7-17-34)28-29-42(39)53(51)37-20-8-5-9-21-37/h4-9,12-17,19-21,23-32H,10-11,18,22H2,1-3H3. The molecule has 1 aliphatic carbocycles. The highest BCUT2D eigenvalue weighted by Gasteiger charge is 2.50. The Kier molecular flexibility index (Phi) is 6.75. The van der Waals surface area contributed by atoms with Crippen molar-refractivity contribution in [1.29, 1.82) is 0 Å². The monoisotopic (exact) mass is 735 g/mol. The van der Waals surface area contributed by atoms with Crippen LogP contribution in [0, 0.1) is 6.92 Å². The third kappa shape index (κ3) is 4.29. The van der Waals surface area contributed by atoms with Gasteiger partial charge >= 0.3 is 0 Å². The zero-order valence-corrected chi connectivity index (χ0v) is 33.2. The number of rotatable bonds is 3. The second-order valence-corrected chi connectivity index (χ2v) is 21.2. The maximum Gasteiger partial charge on any atom is 0.273 e. The Bertz CT molecular complexity index is 2930. The summed E-state index contributed by atoms with van der Waals surface area (Å²) in [5, 5.41) is 4.33. The van der Waals surface area contributed by atoms with E-state index in [9.17, 15) is 0 Å². The fraction of sp³-hybridized carbons (Fsp3) is 0.137. The van der Waals surface area contributed by atoms with Gasteiger partial charge in [-0.3, -0.25) is 0 Å². The summed E-state index contributed by atoms with van der Waals surface area (Å²) in [5.41, 5.74) is 21.4. The van der Waals surface area contributed by atoms with E-state index in [4.69, 9.17) is 0 Å². The van der Waals surface area contributed by atoms with Crippen molar-refractivity contribution in [3.8, 4) is 16.8 Å². The van der Waals surface area contributed by atoms with Crippen LogP contribution in [0.3, 0.4) is 0 Å². The minimum Gasteiger partial charge on any atom is -0.319 e. The van der Waals surface area contributed by atoms with E-state index in [1.807, 2.05) is 0 Å². The lowest BCUT2D eigenvalue weighted by Crippen LogP contribution is -2.68. The van der Waals surface area contributed by atoms with E-state index < -0.39 is 8.07 Å². The molecule has 3 aliphatic heterocycles. The van der Waals surface area contributed by atoms with Crippen molar-refractivity contribution in [3.63, 3.8) is 0 Å². The molecule has 8 aromatic rings. The Morgan fingerprint density at radius 3 is 2.05 bits per heavy atom. The number of hydrogen-bond donors (Lipinski definition) is 0. The Morgan fingerprint density at radius 1 is 0.554 bits per heavy atom. The molecule has 4 aliphatic rings. The summed E-state index contributed by atoms with van der Waals surface area (Å²) in [6.07, 6.45) is 4.73. The van der Waals surface area contributed by atoms with Crippen molar-refractivity contribution in [2.24, 2.45) is 0 Å². The molecule has 0 spiro atoms. The number of fused-ring (bicyclic) bond motifs is 9. The van der Waals surface area contributed by atoms with E-state index >= 15 is 0 Å². The molecule has 4 heterocycles. The molecule has 0 atom stereocenters. The van der Waals surface area contributed by atoms with E-state index in [2.05, 4.69) is 186 Å². The van der Waals surface area contributed by atoms with E-state index in [-0.39, 0.29) is 6.71 Å². The van der Waals surface area contributed by atoms with Crippen LogP contribution in [-0.2, 0) is 12.8 Å². The number of benzene rings is 7. The van der Waals surface area contributed by atoms with Gasteiger partial charge in [0, 0.05) is 45.1 Å². The minimum atomic E-state index is -2.05. The number of anilines is 6. The first-order valence-electron chi connectivity index (χ1n) is 20.4. The van der Waals surface area contributed by atoms with Crippen molar-refractivity contribution in [3.05, 3.63) is 168 Å². The van der Waals surface area contributed by atoms with Gasteiger partial charge in [0.2, 0.25) is 0 Å². The van der Waals surface area contributed by atoms with Crippen LogP contribution >= 0.6 is 0 Å². The molecular weight excluding hydrogens is 693 g/mol. The SMILES string of the molecule is Cc1cc2c3c(c1)N(c1cccc4c1CCCC4)c1c(n(-c4ccccc4)c4ccc(-c5ccccc5)cc14)B3c1cccc3c1N2c1ccccc1[Si]3(C)C. The Morgan fingerprint density at radius 2 is 1.23 bits per heavy atom. The molecule has 3 nitrogen and oxygen atoms in total. The highest BCUT2D eigenvalue weighted by atomic mass is 28.3. The van der Waals surface area contributed by atoms with Crippen molar-refractivity contribution in [2.75, 3.05) is 9.80 Å². The van der Waals surface area contributed by atoms with Crippen LogP contribution < -0.4 is 36.7 Å². The largest absolute Gasteiger partial charge is 0.319 e. The first-order chi connectivity index (χ1) is 27.5. The lowest BCUT2D eigenvalue weighted by atomic mass is 9.35. The molecule has 0 fully saturated rings. The summed E-state index contributed by atoms with van der Waals surface area (Å²) < 4.78 is 2.62. The maximum absolute atomic E-state index is 2.71. The number of aryl methyl sites for hydroxylation is 2. The maximum atomic E-state index is 2.71. The molecule has 268 valence electrons. The van der Waals surface area contributed by atoms with Gasteiger partial charge in [0.05, 0.1) is 11.2 Å². The van der Waals surface area contributed by atoms with Crippen LogP contribution in [0.15, 0.2) is 152 Å². The lowest BCUT2D eigenvalue weighted by molar-refractivity contribution is 0.686. The van der Waals surface area contributed by atoms with Crippen molar-refractivity contribution in [2.45, 2.75) is 45.7 Å². The number of aromatic nitrogens is 1. The van der Waals surface area contributed by atoms with Crippen LogP contribution in [0.1, 0.15) is 29.5 Å². The molecule has 5 heteroatoms. The average Bonchev–Trinajstić information content (AvgIpc) is 3.57. The molecule has 0 unspecified atom stereocenters. The van der Waals surface area contributed by atoms with Crippen molar-refractivity contribution < 1.29 is 0 Å². The molecule has 0 N–H and O–H groups in total. The molecule has 0 radical (unpaired) electrons. The van der Waals surface area contributed by atoms with Gasteiger partial charge in [0.25, 0.3) is 6.71 Å². The average molecular weight is 736 g/mol. The topological polar surface area (TPSA) is 11.4 Å². The van der Waals surface area contributed by atoms with Gasteiger partial charge in [-0.25, -0.2) is 0 Å². The summed E-state index contributed by atoms with van der Waals surface area (Å²) >= 11 is 0. The predicted octanol–water partition coefficient (Wildman–Crippen LogP) is 9.70. The van der Waals surface area contributed by atoms with E-state index in [1.54, 1.807) is 0 Å². The van der Waals surface area contributed by atoms with Crippen LogP contribution in [-0.4, -0.2) is 19.4 Å². The fourth-order valence-corrected chi connectivity index (χ4v) is 13.9. The van der Waals surface area contributed by atoms with Gasteiger partial charge in [-0.1, -0.05) is 116 Å². The summed E-state index contributed by atoms with van der Waals surface area (Å²) in [4.78, 5) is 5.37. The zero-order chi connectivity index (χ0) is 37.3. The van der Waals surface area contributed by atoms with E-state index in [1.165, 1.54) is 118 Å². The number of para-hydroxylation sites is 3. The lowest BCUT2D eigenvalue weighted by Gasteiger charge is -2.49. The first-order valence-corrected chi connectivity index (χ1v) is 23.4. The quantitative estimate of drug-likeness (QED) is 0.168. The zero-order valence-electron chi connectivity index (χ0n) is 32.2. The summed E-state index contributed by atoms with van der Waals surface area (Å²) in [6.45, 7) is 7.43. The predicted molar refractivity (Wildman–Crippen MR) is 241 cm³/mol. The van der Waals surface area contributed by atoms with Crippen molar-refractivity contribution in [1.82, 2.24) is 4.57 Å². The van der Waals surface area contributed by atoms with E-state index in [0.717, 1.165) is 12.8 Å². The Balaban J connectivity index is 1.28. The number of hydrogen-bond acceptors (Lipinski definition) is 2. The molecule has 7 aromatic carbocycles. The van der Waals surface area contributed by atoms with Crippen LogP contribution in [0.2, 0.25) is 13.1 Å². The summed E-state index contributed by atoms with van der Waals surface area (Å²) in [5.74, 6) is 0. The second-order valence-electron chi connectivity index (χ2n) is 16.8. The molecule has 12 rings (SSSR count). The normalized spacial score (nSPS) is 15.5. The molecule has 0 saturated heterocycles. The minimum absolute atomic E-state index is 0.0282. The Labute approximate surface area is 330 Å². The smallest absolute Gasteiger partial charge is 0.273 e. The van der Waals surface area contributed by atoms with Gasteiger partial charge in [-0.2, -0.15) is 0 Å². The van der Waals surface area contributed by atoms with Crippen LogP contribution in [0.4, 0.5) is 34.1 Å². The van der Waals surface area contributed by atoms with Gasteiger partial charge in [-0.05, 0) is 130 Å². The highest BCUT2D eigenvalue weighted by Crippen LogP contribution is 2.50. The van der Waals surface area contributed by atoms with Gasteiger partial charge < -0.3 is 14.4 Å². The van der Waals surface area contributed by atoms with E-state index in [0.29, 0.717) is 0 Å². The van der Waals surface area contributed by atoms with Gasteiger partial charge in [0.15, 0.2) is 0 Å². The first kappa shape index (κ1) is 32.2. The van der Waals surface area contributed by atoms with Gasteiger partial charge in [0.1, 0.15) is 8.07 Å².